The number of alkyl halides is 6. The van der Waals surface area contributed by atoms with Gasteiger partial charge in [-0.15, -0.1) is 0 Å². The van der Waals surface area contributed by atoms with Crippen molar-refractivity contribution in [2.75, 3.05) is 6.61 Å². The van der Waals surface area contributed by atoms with Crippen LogP contribution in [0.5, 0.6) is 5.75 Å². The zero-order valence-corrected chi connectivity index (χ0v) is 30.5. The molecule has 3 rings (SSSR count). The number of hydrogen-bond donors (Lipinski definition) is 1. The molecule has 0 aliphatic heterocycles. The second-order valence-corrected chi connectivity index (χ2v) is 17.1. The van der Waals surface area contributed by atoms with E-state index in [9.17, 15) is 35.7 Å². The number of hydrogen-bond acceptors (Lipinski definition) is 7. The number of benzene rings is 2. The van der Waals surface area contributed by atoms with Crippen LogP contribution in [0.4, 0.5) is 31.1 Å². The Morgan fingerprint density at radius 2 is 1.35 bits per heavy atom. The second kappa shape index (κ2) is 14.2. The summed E-state index contributed by atoms with van der Waals surface area (Å²) in [6, 6.07) is 6.53. The number of carbonyl (C=O) groups is 1. The van der Waals surface area contributed by atoms with E-state index in [4.69, 9.17) is 23.0 Å². The second-order valence-electron chi connectivity index (χ2n) is 15.6. The summed E-state index contributed by atoms with van der Waals surface area (Å²) in [7, 11) is -4.30. The van der Waals surface area contributed by atoms with E-state index in [0.717, 1.165) is 6.07 Å². The van der Waals surface area contributed by atoms with Gasteiger partial charge < -0.3 is 14.8 Å². The normalized spacial score (nSPS) is 19.8. The molecule has 1 atom stereocenters. The highest BCUT2D eigenvalue weighted by atomic mass is 31.2. The van der Waals surface area contributed by atoms with Crippen molar-refractivity contribution in [3.63, 3.8) is 0 Å². The van der Waals surface area contributed by atoms with E-state index in [1.807, 2.05) is 0 Å². The van der Waals surface area contributed by atoms with Gasteiger partial charge in [0.1, 0.15) is 16.9 Å². The minimum atomic E-state index is -4.87. The molecule has 8 nitrogen and oxygen atoms in total. The van der Waals surface area contributed by atoms with E-state index >= 15 is 0 Å². The molecule has 0 aromatic heterocycles. The zero-order chi connectivity index (χ0) is 37.4. The molecular formula is C34H48F6NO7P. The molecule has 1 saturated carbocycles. The Morgan fingerprint density at radius 1 is 0.796 bits per heavy atom. The highest BCUT2D eigenvalue weighted by Crippen LogP contribution is 2.56. The maximum absolute atomic E-state index is 14.6. The van der Waals surface area contributed by atoms with Crippen molar-refractivity contribution < 1.29 is 58.7 Å². The summed E-state index contributed by atoms with van der Waals surface area (Å²) >= 11 is 0. The van der Waals surface area contributed by atoms with Crippen molar-refractivity contribution in [1.29, 1.82) is 0 Å². The number of phosphoric ester groups is 1. The zero-order valence-electron chi connectivity index (χ0n) is 29.6. The Hall–Kier alpha value is -2.54. The fourth-order valence-electron chi connectivity index (χ4n) is 5.40. The van der Waals surface area contributed by atoms with Gasteiger partial charge in [0.2, 0.25) is 0 Å². The maximum atomic E-state index is 14.6. The maximum Gasteiger partial charge on any atom is 0.475 e. The van der Waals surface area contributed by atoms with Gasteiger partial charge in [0.25, 0.3) is 0 Å². The molecule has 49 heavy (non-hydrogen) atoms. The van der Waals surface area contributed by atoms with Crippen molar-refractivity contribution in [2.45, 2.75) is 136 Å². The topological polar surface area (TPSA) is 92.3 Å². The molecule has 0 saturated heterocycles. The Bertz CT molecular complexity index is 1500. The minimum Gasteiger partial charge on any atom is -0.490 e. The number of rotatable bonds is 9. The van der Waals surface area contributed by atoms with Crippen LogP contribution in [0, 0.1) is 5.92 Å². The molecule has 2 aromatic rings. The molecular weight excluding hydrogens is 679 g/mol. The number of ether oxygens (including phenoxy) is 2. The minimum absolute atomic E-state index is 0.0329. The predicted octanol–water partition coefficient (Wildman–Crippen LogP) is 10.9. The van der Waals surface area contributed by atoms with E-state index in [-0.39, 0.29) is 42.0 Å². The number of nitrogens with one attached hydrogen (secondary N) is 1. The smallest absolute Gasteiger partial charge is 0.475 e. The molecule has 1 aliphatic rings. The average Bonchev–Trinajstić information content (AvgIpc) is 2.87. The van der Waals surface area contributed by atoms with Gasteiger partial charge in [0, 0.05) is 0 Å². The quantitative estimate of drug-likeness (QED) is 0.203. The van der Waals surface area contributed by atoms with Gasteiger partial charge >= 0.3 is 26.3 Å². The first-order chi connectivity index (χ1) is 22.0. The molecule has 278 valence electrons. The van der Waals surface area contributed by atoms with Gasteiger partial charge in [-0.05, 0) is 123 Å². The molecule has 0 bridgehead atoms. The van der Waals surface area contributed by atoms with Crippen LogP contribution in [-0.2, 0) is 34.6 Å². The number of alkyl carbamates (subject to hydrolysis) is 1. The number of fused-ring (bicyclic) bond motifs is 1. The van der Waals surface area contributed by atoms with Crippen LogP contribution in [0.1, 0.15) is 106 Å². The Kier molecular flexibility index (Phi) is 11.9. The molecule has 1 aliphatic carbocycles. The first kappa shape index (κ1) is 40.9. The van der Waals surface area contributed by atoms with Crippen molar-refractivity contribution in [1.82, 2.24) is 5.32 Å². The van der Waals surface area contributed by atoms with Gasteiger partial charge in [-0.1, -0.05) is 18.2 Å². The highest BCUT2D eigenvalue weighted by Gasteiger charge is 2.44. The van der Waals surface area contributed by atoms with E-state index in [2.05, 4.69) is 5.32 Å². The van der Waals surface area contributed by atoms with Gasteiger partial charge in [0.05, 0.1) is 35.4 Å². The largest absolute Gasteiger partial charge is 0.490 e. The van der Waals surface area contributed by atoms with E-state index in [1.54, 1.807) is 62.3 Å². The highest BCUT2D eigenvalue weighted by molar-refractivity contribution is 7.48. The summed E-state index contributed by atoms with van der Waals surface area (Å²) in [6.45, 7) is 15.9. The number of halogens is 6. The molecule has 0 heterocycles. The molecule has 15 heteroatoms. The van der Waals surface area contributed by atoms with E-state index in [0.29, 0.717) is 0 Å². The number of carbonyl (C=O) groups excluding carboxylic acids is 1. The summed E-state index contributed by atoms with van der Waals surface area (Å²) in [5.41, 5.74) is -5.18. The third-order valence-electron chi connectivity index (χ3n) is 7.39. The standard InChI is InChI=1S/C34H48F6NO7P/c1-29(2,3)46-28(42)41-32(10,20-44-49(43,47-30(4,5)6)48-31(7,8)9)23-14-17-25-21(19-23)11-18-26(27(25)34(38,39)40)45-24-15-12-22(13-16-24)33(35,36)37/h11,14,17-19,22,24H,12-13,15-16,20H2,1-10H3,(H,41,42)/t22-,24-,32-/m0/s1. The molecule has 1 amide bonds. The van der Waals surface area contributed by atoms with Crippen LogP contribution in [-0.4, -0.2) is 41.8 Å². The summed E-state index contributed by atoms with van der Waals surface area (Å²) < 4.78 is 125. The number of amides is 1. The SMILES string of the molecule is CC(C)(C)OC(=O)N[C@@](C)(COP(=O)(OC(C)(C)C)OC(C)(C)C)c1ccc2c(C(F)(F)F)c(O[C@H]3CC[C@H](C(F)(F)F)CC3)ccc2c1. The van der Waals surface area contributed by atoms with Crippen LogP contribution in [0.2, 0.25) is 0 Å². The van der Waals surface area contributed by atoms with Crippen molar-refractivity contribution in [3.8, 4) is 5.75 Å². The van der Waals surface area contributed by atoms with Crippen molar-refractivity contribution in [2.24, 2.45) is 5.92 Å². The summed E-state index contributed by atoms with van der Waals surface area (Å²) in [4.78, 5) is 13.0. The van der Waals surface area contributed by atoms with Crippen molar-refractivity contribution in [3.05, 3.63) is 41.5 Å². The Morgan fingerprint density at radius 3 is 1.82 bits per heavy atom. The third kappa shape index (κ3) is 12.0. The van der Waals surface area contributed by atoms with E-state index < -0.39 is 78.6 Å². The van der Waals surface area contributed by atoms with Crippen LogP contribution in [0.25, 0.3) is 10.8 Å². The lowest BCUT2D eigenvalue weighted by molar-refractivity contribution is -0.185. The van der Waals surface area contributed by atoms with Gasteiger partial charge in [0.15, 0.2) is 0 Å². The molecule has 0 spiro atoms. The molecule has 1 fully saturated rings. The lowest BCUT2D eigenvalue weighted by atomic mass is 9.87. The molecule has 0 unspecified atom stereocenters. The van der Waals surface area contributed by atoms with Gasteiger partial charge in [-0.25, -0.2) is 9.36 Å². The molecule has 2 aromatic carbocycles. The first-order valence-electron chi connectivity index (χ1n) is 16.0. The molecule has 1 N–H and O–H groups in total. The lowest BCUT2D eigenvalue weighted by Crippen LogP contribution is -2.48. The fourth-order valence-corrected chi connectivity index (χ4v) is 7.30. The third-order valence-corrected chi connectivity index (χ3v) is 9.38. The van der Waals surface area contributed by atoms with E-state index in [1.165, 1.54) is 31.2 Å². The Balaban J connectivity index is 2.05. The summed E-state index contributed by atoms with van der Waals surface area (Å²) in [6.07, 6.45) is -11.4. The van der Waals surface area contributed by atoms with Crippen LogP contribution in [0.3, 0.4) is 0 Å². The van der Waals surface area contributed by atoms with Gasteiger partial charge in [-0.3, -0.25) is 13.6 Å². The predicted molar refractivity (Wildman–Crippen MR) is 173 cm³/mol. The van der Waals surface area contributed by atoms with Crippen LogP contribution < -0.4 is 10.1 Å². The summed E-state index contributed by atoms with van der Waals surface area (Å²) in [5.74, 6) is -1.99. The van der Waals surface area contributed by atoms with Crippen LogP contribution in [0.15, 0.2) is 30.3 Å². The van der Waals surface area contributed by atoms with Gasteiger partial charge in [-0.2, -0.15) is 26.3 Å². The molecule has 0 radical (unpaired) electrons. The fraction of sp³-hybridized carbons (Fsp3) is 0.676. The monoisotopic (exact) mass is 727 g/mol. The number of phosphoric acid groups is 1. The van der Waals surface area contributed by atoms with Crippen LogP contribution >= 0.6 is 7.82 Å². The van der Waals surface area contributed by atoms with Crippen molar-refractivity contribution >= 4 is 24.7 Å². The summed E-state index contributed by atoms with van der Waals surface area (Å²) in [5, 5.41) is 2.60. The Labute approximate surface area is 284 Å². The lowest BCUT2D eigenvalue weighted by Gasteiger charge is -2.36. The first-order valence-corrected chi connectivity index (χ1v) is 17.5. The average molecular weight is 728 g/mol.